The van der Waals surface area contributed by atoms with Crippen LogP contribution in [0.15, 0.2) is 12.1 Å². The Bertz CT molecular complexity index is 734. The standard InChI is InChI=1S/C17H24N6O/c1-13-4-5-15-18-19-17(23(15)20-13)14-6-9-21(10-7-14)11-12-22-8-2-3-16(22)24/h4-5,14H,2-3,6-12H2,1H3. The quantitative estimate of drug-likeness (QED) is 0.845. The molecule has 2 aliphatic rings. The second-order valence-electron chi connectivity index (χ2n) is 6.90. The number of likely N-dealkylation sites (tertiary alicyclic amines) is 2. The van der Waals surface area contributed by atoms with Crippen LogP contribution in [-0.2, 0) is 4.79 Å². The largest absolute Gasteiger partial charge is 0.341 e. The number of fused-ring (bicyclic) bond motifs is 1. The molecule has 4 rings (SSSR count). The molecule has 2 saturated heterocycles. The lowest BCUT2D eigenvalue weighted by molar-refractivity contribution is -0.127. The summed E-state index contributed by atoms with van der Waals surface area (Å²) in [6.07, 6.45) is 3.90. The van der Waals surface area contributed by atoms with Crippen LogP contribution in [0.4, 0.5) is 0 Å². The summed E-state index contributed by atoms with van der Waals surface area (Å²) < 4.78 is 1.90. The summed E-state index contributed by atoms with van der Waals surface area (Å²) in [6, 6.07) is 3.94. The second-order valence-corrected chi connectivity index (χ2v) is 6.90. The van der Waals surface area contributed by atoms with Crippen LogP contribution in [-0.4, -0.2) is 68.2 Å². The van der Waals surface area contributed by atoms with Crippen LogP contribution in [0.25, 0.3) is 5.65 Å². The number of piperidine rings is 1. The molecular formula is C17H24N6O. The minimum Gasteiger partial charge on any atom is -0.341 e. The number of amides is 1. The Balaban J connectivity index is 1.35. The molecule has 0 aromatic carbocycles. The Morgan fingerprint density at radius 1 is 1.12 bits per heavy atom. The van der Waals surface area contributed by atoms with E-state index in [0.717, 1.165) is 75.6 Å². The van der Waals surface area contributed by atoms with E-state index in [1.165, 1.54) is 0 Å². The van der Waals surface area contributed by atoms with Gasteiger partial charge >= 0.3 is 0 Å². The van der Waals surface area contributed by atoms with E-state index >= 15 is 0 Å². The molecule has 2 aromatic rings. The second kappa shape index (κ2) is 6.47. The minimum atomic E-state index is 0.321. The summed E-state index contributed by atoms with van der Waals surface area (Å²) in [5, 5.41) is 13.2. The van der Waals surface area contributed by atoms with E-state index < -0.39 is 0 Å². The van der Waals surface area contributed by atoms with Gasteiger partial charge in [0.25, 0.3) is 0 Å². The van der Waals surface area contributed by atoms with Gasteiger partial charge in [-0.2, -0.15) is 9.61 Å². The highest BCUT2D eigenvalue weighted by molar-refractivity contribution is 5.78. The Kier molecular flexibility index (Phi) is 4.18. The zero-order valence-electron chi connectivity index (χ0n) is 14.2. The van der Waals surface area contributed by atoms with Crippen LogP contribution in [0.1, 0.15) is 43.1 Å². The van der Waals surface area contributed by atoms with E-state index in [1.807, 2.05) is 28.5 Å². The number of hydrogen-bond acceptors (Lipinski definition) is 5. The first-order valence-corrected chi connectivity index (χ1v) is 8.90. The molecule has 4 heterocycles. The lowest BCUT2D eigenvalue weighted by Crippen LogP contribution is -2.40. The molecule has 128 valence electrons. The van der Waals surface area contributed by atoms with Crippen molar-refractivity contribution >= 4 is 11.6 Å². The van der Waals surface area contributed by atoms with E-state index in [1.54, 1.807) is 0 Å². The molecule has 0 spiro atoms. The first-order chi connectivity index (χ1) is 11.7. The van der Waals surface area contributed by atoms with Crippen molar-refractivity contribution in [1.82, 2.24) is 29.6 Å². The van der Waals surface area contributed by atoms with E-state index in [2.05, 4.69) is 20.2 Å². The van der Waals surface area contributed by atoms with Gasteiger partial charge < -0.3 is 9.80 Å². The van der Waals surface area contributed by atoms with E-state index in [0.29, 0.717) is 11.8 Å². The van der Waals surface area contributed by atoms with Gasteiger partial charge in [-0.05, 0) is 51.4 Å². The highest BCUT2D eigenvalue weighted by atomic mass is 16.2. The van der Waals surface area contributed by atoms with Gasteiger partial charge in [-0.3, -0.25) is 4.79 Å². The van der Waals surface area contributed by atoms with Crippen molar-refractivity contribution in [2.45, 2.75) is 38.5 Å². The number of aromatic nitrogens is 4. The number of rotatable bonds is 4. The van der Waals surface area contributed by atoms with Gasteiger partial charge in [0.15, 0.2) is 11.5 Å². The van der Waals surface area contributed by atoms with Crippen LogP contribution in [0.5, 0.6) is 0 Å². The molecule has 2 aliphatic heterocycles. The molecule has 0 unspecified atom stereocenters. The van der Waals surface area contributed by atoms with Gasteiger partial charge in [0.1, 0.15) is 0 Å². The Morgan fingerprint density at radius 2 is 1.96 bits per heavy atom. The molecule has 2 fully saturated rings. The maximum atomic E-state index is 11.7. The first kappa shape index (κ1) is 15.5. The molecular weight excluding hydrogens is 304 g/mol. The molecule has 1 amide bonds. The predicted octanol–water partition coefficient (Wildman–Crippen LogP) is 1.23. The van der Waals surface area contributed by atoms with Crippen LogP contribution in [0.3, 0.4) is 0 Å². The fraction of sp³-hybridized carbons (Fsp3) is 0.647. The average molecular weight is 328 g/mol. The maximum Gasteiger partial charge on any atom is 0.222 e. The van der Waals surface area contributed by atoms with E-state index in [9.17, 15) is 4.79 Å². The van der Waals surface area contributed by atoms with Crippen molar-refractivity contribution in [3.05, 3.63) is 23.7 Å². The fourth-order valence-electron chi connectivity index (χ4n) is 3.77. The zero-order chi connectivity index (χ0) is 16.5. The molecule has 0 atom stereocenters. The summed E-state index contributed by atoms with van der Waals surface area (Å²) in [7, 11) is 0. The smallest absolute Gasteiger partial charge is 0.222 e. The summed E-state index contributed by atoms with van der Waals surface area (Å²) in [6.45, 7) is 6.88. The van der Waals surface area contributed by atoms with Crippen molar-refractivity contribution in [2.75, 3.05) is 32.7 Å². The van der Waals surface area contributed by atoms with Crippen molar-refractivity contribution in [3.8, 4) is 0 Å². The monoisotopic (exact) mass is 328 g/mol. The van der Waals surface area contributed by atoms with Crippen LogP contribution < -0.4 is 0 Å². The summed E-state index contributed by atoms with van der Waals surface area (Å²) in [5.74, 6) is 1.73. The normalized spacial score (nSPS) is 20.4. The topological polar surface area (TPSA) is 66.6 Å². The third-order valence-electron chi connectivity index (χ3n) is 5.23. The highest BCUT2D eigenvalue weighted by Crippen LogP contribution is 2.26. The van der Waals surface area contributed by atoms with Gasteiger partial charge in [-0.25, -0.2) is 0 Å². The molecule has 2 aromatic heterocycles. The molecule has 0 bridgehead atoms. The number of nitrogens with zero attached hydrogens (tertiary/aromatic N) is 6. The zero-order valence-corrected chi connectivity index (χ0v) is 14.2. The van der Waals surface area contributed by atoms with E-state index in [4.69, 9.17) is 0 Å². The van der Waals surface area contributed by atoms with Crippen LogP contribution >= 0.6 is 0 Å². The summed E-state index contributed by atoms with van der Waals surface area (Å²) in [4.78, 5) is 16.2. The first-order valence-electron chi connectivity index (χ1n) is 8.90. The number of aryl methyl sites for hydroxylation is 1. The van der Waals surface area contributed by atoms with Gasteiger partial charge in [-0.1, -0.05) is 0 Å². The Hall–Kier alpha value is -2.02. The number of hydrogen-bond donors (Lipinski definition) is 0. The number of carbonyl (C=O) groups excluding carboxylic acids is 1. The maximum absolute atomic E-state index is 11.7. The van der Waals surface area contributed by atoms with Gasteiger partial charge in [0.05, 0.1) is 5.69 Å². The lowest BCUT2D eigenvalue weighted by atomic mass is 9.96. The van der Waals surface area contributed by atoms with E-state index in [-0.39, 0.29) is 0 Å². The fourth-order valence-corrected chi connectivity index (χ4v) is 3.77. The molecule has 0 saturated carbocycles. The third kappa shape index (κ3) is 3.00. The highest BCUT2D eigenvalue weighted by Gasteiger charge is 2.26. The van der Waals surface area contributed by atoms with Gasteiger partial charge in [-0.15, -0.1) is 10.2 Å². The molecule has 24 heavy (non-hydrogen) atoms. The summed E-state index contributed by atoms with van der Waals surface area (Å²) in [5.41, 5.74) is 1.81. The summed E-state index contributed by atoms with van der Waals surface area (Å²) >= 11 is 0. The van der Waals surface area contributed by atoms with Crippen molar-refractivity contribution < 1.29 is 4.79 Å². The number of carbonyl (C=O) groups is 1. The molecule has 0 radical (unpaired) electrons. The molecule has 7 heteroatoms. The van der Waals surface area contributed by atoms with Crippen molar-refractivity contribution in [1.29, 1.82) is 0 Å². The molecule has 0 N–H and O–H groups in total. The van der Waals surface area contributed by atoms with Crippen LogP contribution in [0.2, 0.25) is 0 Å². The van der Waals surface area contributed by atoms with Crippen LogP contribution in [0, 0.1) is 6.92 Å². The minimum absolute atomic E-state index is 0.321. The molecule has 0 aliphatic carbocycles. The average Bonchev–Trinajstić information content (AvgIpc) is 3.19. The third-order valence-corrected chi connectivity index (χ3v) is 5.23. The molecule has 7 nitrogen and oxygen atoms in total. The van der Waals surface area contributed by atoms with Gasteiger partial charge in [0.2, 0.25) is 5.91 Å². The van der Waals surface area contributed by atoms with Crippen molar-refractivity contribution in [3.63, 3.8) is 0 Å². The lowest BCUT2D eigenvalue weighted by Gasteiger charge is -2.32. The SMILES string of the molecule is Cc1ccc2nnc(C3CCN(CCN4CCCC4=O)CC3)n2n1. The van der Waals surface area contributed by atoms with Gasteiger partial charge in [0, 0.05) is 32.0 Å². The predicted molar refractivity (Wildman–Crippen MR) is 89.7 cm³/mol. The Morgan fingerprint density at radius 3 is 2.71 bits per heavy atom. The van der Waals surface area contributed by atoms with Crippen molar-refractivity contribution in [2.24, 2.45) is 0 Å². The Labute approximate surface area is 141 Å².